The van der Waals surface area contributed by atoms with Crippen LogP contribution in [0.25, 0.3) is 5.70 Å². The molecule has 3 aliphatic heterocycles. The molecule has 0 radical (unpaired) electrons. The van der Waals surface area contributed by atoms with E-state index in [0.717, 1.165) is 37.2 Å². The Balaban J connectivity index is 1.55. The molecule has 4 rings (SSSR count). The Morgan fingerprint density at radius 3 is 2.62 bits per heavy atom. The van der Waals surface area contributed by atoms with Crippen molar-refractivity contribution in [3.63, 3.8) is 0 Å². The Morgan fingerprint density at radius 1 is 1.12 bits per heavy atom. The molecule has 0 aromatic heterocycles. The van der Waals surface area contributed by atoms with Crippen molar-refractivity contribution in [2.75, 3.05) is 13.1 Å². The summed E-state index contributed by atoms with van der Waals surface area (Å²) in [6, 6.07) is 10.4. The second kappa shape index (κ2) is 6.19. The summed E-state index contributed by atoms with van der Waals surface area (Å²) in [4.78, 5) is 16.9. The second-order valence-corrected chi connectivity index (χ2v) is 6.63. The molecule has 4 heteroatoms. The Labute approximate surface area is 143 Å². The summed E-state index contributed by atoms with van der Waals surface area (Å²) in [6.07, 6.45) is 9.54. The summed E-state index contributed by atoms with van der Waals surface area (Å²) < 4.78 is 0. The van der Waals surface area contributed by atoms with Crippen molar-refractivity contribution in [3.05, 3.63) is 65.5 Å². The van der Waals surface area contributed by atoms with Gasteiger partial charge in [0.05, 0.1) is 5.70 Å². The quantitative estimate of drug-likeness (QED) is 0.909. The normalized spacial score (nSPS) is 23.0. The van der Waals surface area contributed by atoms with Crippen molar-refractivity contribution in [1.29, 1.82) is 0 Å². The third-order valence-electron chi connectivity index (χ3n) is 4.97. The van der Waals surface area contributed by atoms with Crippen molar-refractivity contribution in [3.8, 4) is 0 Å². The van der Waals surface area contributed by atoms with Gasteiger partial charge in [0.25, 0.3) is 5.91 Å². The fourth-order valence-corrected chi connectivity index (χ4v) is 3.75. The second-order valence-electron chi connectivity index (χ2n) is 6.63. The summed E-state index contributed by atoms with van der Waals surface area (Å²) in [5.41, 5.74) is 4.30. The van der Waals surface area contributed by atoms with Gasteiger partial charge in [0.2, 0.25) is 0 Å². The smallest absolute Gasteiger partial charge is 0.253 e. The number of fused-ring (bicyclic) bond motifs is 1. The Hall–Kier alpha value is -2.49. The number of rotatable bonds is 2. The monoisotopic (exact) mass is 321 g/mol. The lowest BCUT2D eigenvalue weighted by Gasteiger charge is -2.31. The van der Waals surface area contributed by atoms with Gasteiger partial charge in [-0.05, 0) is 43.9 Å². The van der Waals surface area contributed by atoms with Gasteiger partial charge in [-0.25, -0.2) is 0 Å². The lowest BCUT2D eigenvalue weighted by molar-refractivity contribution is -0.127. The SMILES string of the molecule is CC1=C(c2ccccc2)N2C=CC(C(=O)N3CCCCC3)=CC2N1. The molecule has 3 aliphatic rings. The number of likely N-dealkylation sites (tertiary alicyclic amines) is 1. The molecular weight excluding hydrogens is 298 g/mol. The molecule has 24 heavy (non-hydrogen) atoms. The Morgan fingerprint density at radius 2 is 1.88 bits per heavy atom. The first-order valence-electron chi connectivity index (χ1n) is 8.74. The molecule has 1 unspecified atom stereocenters. The van der Waals surface area contributed by atoms with Crippen LogP contribution in [-0.4, -0.2) is 35.0 Å². The molecule has 0 aliphatic carbocycles. The fraction of sp³-hybridized carbons (Fsp3) is 0.350. The van der Waals surface area contributed by atoms with Crippen LogP contribution in [0.4, 0.5) is 0 Å². The van der Waals surface area contributed by atoms with Gasteiger partial charge >= 0.3 is 0 Å². The number of allylic oxidation sites excluding steroid dienone is 1. The highest BCUT2D eigenvalue weighted by Crippen LogP contribution is 2.33. The standard InChI is InChI=1S/C20H23N3O/c1-15-19(16-8-4-2-5-9-16)23-13-10-17(14-18(23)21-15)20(24)22-11-6-3-7-12-22/h2,4-5,8-10,13-14,18,21H,3,6-7,11-12H2,1H3. The summed E-state index contributed by atoms with van der Waals surface area (Å²) in [7, 11) is 0. The third kappa shape index (κ3) is 2.62. The van der Waals surface area contributed by atoms with E-state index in [2.05, 4.69) is 47.5 Å². The van der Waals surface area contributed by atoms with Gasteiger partial charge < -0.3 is 15.1 Å². The number of carbonyl (C=O) groups is 1. The van der Waals surface area contributed by atoms with Gasteiger partial charge in [0.15, 0.2) is 0 Å². The van der Waals surface area contributed by atoms with Crippen LogP contribution in [0.15, 0.2) is 60.0 Å². The molecule has 4 nitrogen and oxygen atoms in total. The van der Waals surface area contributed by atoms with Crippen molar-refractivity contribution >= 4 is 11.6 Å². The largest absolute Gasteiger partial charge is 0.364 e. The maximum Gasteiger partial charge on any atom is 0.253 e. The lowest BCUT2D eigenvalue weighted by Crippen LogP contribution is -2.39. The van der Waals surface area contributed by atoms with Gasteiger partial charge in [-0.2, -0.15) is 0 Å². The van der Waals surface area contributed by atoms with Gasteiger partial charge in [-0.3, -0.25) is 4.79 Å². The lowest BCUT2D eigenvalue weighted by atomic mass is 10.1. The highest BCUT2D eigenvalue weighted by molar-refractivity contribution is 5.97. The van der Waals surface area contributed by atoms with E-state index in [4.69, 9.17) is 0 Å². The maximum atomic E-state index is 12.7. The van der Waals surface area contributed by atoms with Crippen molar-refractivity contribution < 1.29 is 4.79 Å². The zero-order chi connectivity index (χ0) is 16.5. The predicted octanol–water partition coefficient (Wildman–Crippen LogP) is 3.07. The molecule has 0 spiro atoms. The molecule has 1 N–H and O–H groups in total. The topological polar surface area (TPSA) is 35.6 Å². The van der Waals surface area contributed by atoms with Gasteiger partial charge in [-0.1, -0.05) is 30.3 Å². The van der Waals surface area contributed by atoms with E-state index in [-0.39, 0.29) is 12.1 Å². The number of hydrogen-bond acceptors (Lipinski definition) is 3. The zero-order valence-corrected chi connectivity index (χ0v) is 14.0. The number of benzene rings is 1. The molecule has 1 aromatic carbocycles. The molecule has 124 valence electrons. The molecule has 1 fully saturated rings. The van der Waals surface area contributed by atoms with Crippen molar-refractivity contribution in [2.45, 2.75) is 32.4 Å². The van der Waals surface area contributed by atoms with Crippen LogP contribution >= 0.6 is 0 Å². The van der Waals surface area contributed by atoms with Crippen LogP contribution in [0.1, 0.15) is 31.7 Å². The molecule has 1 atom stereocenters. The first-order chi connectivity index (χ1) is 11.7. The van der Waals surface area contributed by atoms with Crippen molar-refractivity contribution in [1.82, 2.24) is 15.1 Å². The average Bonchev–Trinajstić information content (AvgIpc) is 2.97. The average molecular weight is 321 g/mol. The molecule has 0 bridgehead atoms. The molecule has 1 amide bonds. The number of hydrogen-bond donors (Lipinski definition) is 1. The molecule has 1 saturated heterocycles. The van der Waals surface area contributed by atoms with Gasteiger partial charge in [0.1, 0.15) is 6.17 Å². The first kappa shape index (κ1) is 15.1. The van der Waals surface area contributed by atoms with E-state index in [1.807, 2.05) is 23.2 Å². The molecular formula is C20H23N3O. The van der Waals surface area contributed by atoms with E-state index in [0.29, 0.717) is 0 Å². The zero-order valence-electron chi connectivity index (χ0n) is 14.0. The Bertz CT molecular complexity index is 727. The highest BCUT2D eigenvalue weighted by atomic mass is 16.2. The van der Waals surface area contributed by atoms with Crippen LogP contribution < -0.4 is 5.32 Å². The van der Waals surface area contributed by atoms with Crippen LogP contribution in [0, 0.1) is 0 Å². The minimum Gasteiger partial charge on any atom is -0.364 e. The van der Waals surface area contributed by atoms with E-state index in [9.17, 15) is 4.79 Å². The third-order valence-corrected chi connectivity index (χ3v) is 4.97. The van der Waals surface area contributed by atoms with E-state index < -0.39 is 0 Å². The van der Waals surface area contributed by atoms with E-state index in [1.165, 1.54) is 17.7 Å². The minimum atomic E-state index is 0.0222. The number of amides is 1. The summed E-state index contributed by atoms with van der Waals surface area (Å²) >= 11 is 0. The summed E-state index contributed by atoms with van der Waals surface area (Å²) in [5, 5.41) is 3.50. The summed E-state index contributed by atoms with van der Waals surface area (Å²) in [5.74, 6) is 0.165. The fourth-order valence-electron chi connectivity index (χ4n) is 3.75. The van der Waals surface area contributed by atoms with Gasteiger partial charge in [-0.15, -0.1) is 0 Å². The van der Waals surface area contributed by atoms with E-state index in [1.54, 1.807) is 0 Å². The van der Waals surface area contributed by atoms with Gasteiger partial charge in [0, 0.05) is 30.6 Å². The van der Waals surface area contributed by atoms with Crippen LogP contribution in [0.2, 0.25) is 0 Å². The van der Waals surface area contributed by atoms with Crippen LogP contribution in [-0.2, 0) is 4.79 Å². The first-order valence-corrected chi connectivity index (χ1v) is 8.74. The molecule has 1 aromatic rings. The molecule has 3 heterocycles. The number of carbonyl (C=O) groups excluding carboxylic acids is 1. The van der Waals surface area contributed by atoms with Crippen LogP contribution in [0.5, 0.6) is 0 Å². The number of nitrogens with one attached hydrogen (secondary N) is 1. The van der Waals surface area contributed by atoms with E-state index >= 15 is 0 Å². The summed E-state index contributed by atoms with van der Waals surface area (Å²) in [6.45, 7) is 3.87. The molecule has 0 saturated carbocycles. The maximum absolute atomic E-state index is 12.7. The number of nitrogens with zero attached hydrogens (tertiary/aromatic N) is 2. The highest BCUT2D eigenvalue weighted by Gasteiger charge is 2.31. The predicted molar refractivity (Wildman–Crippen MR) is 95.5 cm³/mol. The van der Waals surface area contributed by atoms with Crippen molar-refractivity contribution in [2.24, 2.45) is 0 Å². The number of piperidine rings is 1. The Kier molecular flexibility index (Phi) is 3.89. The minimum absolute atomic E-state index is 0.0222. The van der Waals surface area contributed by atoms with Crippen LogP contribution in [0.3, 0.4) is 0 Å².